The Hall–Kier alpha value is -3.03. The molecule has 9 heteroatoms. The normalized spacial score (nSPS) is 17.5. The Labute approximate surface area is 290 Å². The molecule has 2 aromatic carbocycles. The SMILES string of the molecule is C#CC[C@H](NC(=O)[C@H](Cc1ccccc1)CS(=O)CCN(C)Cc1ccccc1)C(=O)N[C@@H](CC1CCCCC1)[C@@H](O)[C@@H](O)CC(C)C. The number of nitrogens with one attached hydrogen (secondary N) is 2. The van der Waals surface area contributed by atoms with Gasteiger partial charge in [-0.3, -0.25) is 13.8 Å². The highest BCUT2D eigenvalue weighted by atomic mass is 32.2. The van der Waals surface area contributed by atoms with Gasteiger partial charge in [0.05, 0.1) is 18.1 Å². The van der Waals surface area contributed by atoms with Gasteiger partial charge in [0, 0.05) is 41.8 Å². The monoisotopic (exact) mass is 679 g/mol. The first kappa shape index (κ1) is 39.4. The number of nitrogens with zero attached hydrogens (tertiary/aromatic N) is 1. The smallest absolute Gasteiger partial charge is 0.243 e. The maximum atomic E-state index is 13.8. The summed E-state index contributed by atoms with van der Waals surface area (Å²) >= 11 is 0. The van der Waals surface area contributed by atoms with E-state index in [1.165, 1.54) is 12.0 Å². The van der Waals surface area contributed by atoms with Gasteiger partial charge in [-0.25, -0.2) is 0 Å². The van der Waals surface area contributed by atoms with Crippen LogP contribution in [0.5, 0.6) is 0 Å². The standard InChI is InChI=1S/C39H57N3O5S/c1-5-15-34(39(46)41-35(26-31-18-11-7-12-19-31)37(44)36(43)24-29(2)3)40-38(45)33(25-30-16-9-6-10-17-30)28-48(47)23-22-42(4)27-32-20-13-8-14-21-32/h1,6,8-10,13-14,16-17,20-21,29,31,33-37,43-44H,7,11-12,15,18-19,22-28H2,2-4H3,(H,40,45)(H,41,46)/t33-,34+,35+,36+,37-,48?/m1/s1. The largest absolute Gasteiger partial charge is 0.390 e. The van der Waals surface area contributed by atoms with Gasteiger partial charge in [-0.1, -0.05) is 107 Å². The van der Waals surface area contributed by atoms with Gasteiger partial charge in [0.1, 0.15) is 12.1 Å². The van der Waals surface area contributed by atoms with E-state index in [-0.39, 0.29) is 24.0 Å². The van der Waals surface area contributed by atoms with E-state index in [0.29, 0.717) is 37.5 Å². The number of aliphatic hydroxyl groups excluding tert-OH is 2. The van der Waals surface area contributed by atoms with Crippen LogP contribution in [-0.2, 0) is 33.4 Å². The summed E-state index contributed by atoms with van der Waals surface area (Å²) in [7, 11) is 0.701. The van der Waals surface area contributed by atoms with E-state index in [9.17, 15) is 24.0 Å². The number of hydrogen-bond donors (Lipinski definition) is 4. The summed E-state index contributed by atoms with van der Waals surface area (Å²) in [6, 6.07) is 18.0. The Bertz CT molecular complexity index is 1300. The van der Waals surface area contributed by atoms with Gasteiger partial charge in [-0.05, 0) is 49.3 Å². The van der Waals surface area contributed by atoms with E-state index >= 15 is 0 Å². The number of carbonyl (C=O) groups is 2. The first-order valence-corrected chi connectivity index (χ1v) is 19.1. The number of rotatable bonds is 20. The van der Waals surface area contributed by atoms with Crippen LogP contribution < -0.4 is 10.6 Å². The fourth-order valence-electron chi connectivity index (χ4n) is 6.52. The zero-order valence-electron chi connectivity index (χ0n) is 29.1. The highest BCUT2D eigenvalue weighted by Gasteiger charge is 2.34. The van der Waals surface area contributed by atoms with Crippen molar-refractivity contribution in [1.29, 1.82) is 0 Å². The van der Waals surface area contributed by atoms with Crippen molar-refractivity contribution in [2.75, 3.05) is 25.1 Å². The van der Waals surface area contributed by atoms with Gasteiger partial charge >= 0.3 is 0 Å². The molecule has 1 fully saturated rings. The van der Waals surface area contributed by atoms with Crippen molar-refractivity contribution in [2.45, 2.75) is 102 Å². The Morgan fingerprint density at radius 2 is 1.58 bits per heavy atom. The van der Waals surface area contributed by atoms with Crippen molar-refractivity contribution in [1.82, 2.24) is 15.5 Å². The zero-order chi connectivity index (χ0) is 34.9. The van der Waals surface area contributed by atoms with E-state index in [0.717, 1.165) is 37.8 Å². The predicted molar refractivity (Wildman–Crippen MR) is 194 cm³/mol. The lowest BCUT2D eigenvalue weighted by Gasteiger charge is -2.33. The molecule has 0 aromatic heterocycles. The molecule has 4 N–H and O–H groups in total. The minimum Gasteiger partial charge on any atom is -0.390 e. The molecule has 0 saturated heterocycles. The Morgan fingerprint density at radius 1 is 0.958 bits per heavy atom. The number of terminal acetylenes is 1. The maximum absolute atomic E-state index is 13.8. The van der Waals surface area contributed by atoms with Crippen LogP contribution in [0.1, 0.15) is 76.3 Å². The molecule has 2 aromatic rings. The molecule has 0 spiro atoms. The van der Waals surface area contributed by atoms with Crippen molar-refractivity contribution in [3.05, 3.63) is 71.8 Å². The van der Waals surface area contributed by atoms with Crippen molar-refractivity contribution in [3.63, 3.8) is 0 Å². The second-order valence-electron chi connectivity index (χ2n) is 13.9. The number of amides is 2. The lowest BCUT2D eigenvalue weighted by Crippen LogP contribution is -2.56. The molecule has 8 nitrogen and oxygen atoms in total. The molecule has 48 heavy (non-hydrogen) atoms. The molecule has 0 heterocycles. The van der Waals surface area contributed by atoms with Crippen LogP contribution in [-0.4, -0.2) is 80.5 Å². The molecule has 6 atom stereocenters. The molecule has 0 aliphatic heterocycles. The van der Waals surface area contributed by atoms with Crippen molar-refractivity contribution >= 4 is 22.6 Å². The predicted octanol–water partition coefficient (Wildman–Crippen LogP) is 4.46. The second kappa shape index (κ2) is 21.1. The van der Waals surface area contributed by atoms with Gasteiger partial charge in [-0.2, -0.15) is 0 Å². The number of hydrogen-bond acceptors (Lipinski definition) is 6. The molecule has 1 unspecified atom stereocenters. The fourth-order valence-corrected chi connectivity index (χ4v) is 7.92. The minimum absolute atomic E-state index is 0.0379. The number of benzene rings is 2. The molecular weight excluding hydrogens is 623 g/mol. The van der Waals surface area contributed by atoms with Gasteiger partial charge in [0.25, 0.3) is 0 Å². The molecular formula is C39H57N3O5S. The van der Waals surface area contributed by atoms with Crippen LogP contribution in [0, 0.1) is 30.1 Å². The van der Waals surface area contributed by atoms with Gasteiger partial charge in [0.15, 0.2) is 0 Å². The third-order valence-corrected chi connectivity index (χ3v) is 10.6. The van der Waals surface area contributed by atoms with E-state index in [1.54, 1.807) is 0 Å². The third-order valence-electron chi connectivity index (χ3n) is 9.19. The summed E-state index contributed by atoms with van der Waals surface area (Å²) in [5, 5.41) is 27.8. The van der Waals surface area contributed by atoms with E-state index in [4.69, 9.17) is 6.42 Å². The maximum Gasteiger partial charge on any atom is 0.243 e. The average molecular weight is 680 g/mol. The Balaban J connectivity index is 1.70. The summed E-state index contributed by atoms with van der Waals surface area (Å²) in [4.78, 5) is 29.7. The summed E-state index contributed by atoms with van der Waals surface area (Å²) in [5.74, 6) is 2.07. The lowest BCUT2D eigenvalue weighted by molar-refractivity contribution is -0.132. The van der Waals surface area contributed by atoms with E-state index in [1.807, 2.05) is 69.4 Å². The Morgan fingerprint density at radius 3 is 2.19 bits per heavy atom. The molecule has 1 aliphatic carbocycles. The van der Waals surface area contributed by atoms with Crippen LogP contribution in [0.2, 0.25) is 0 Å². The van der Waals surface area contributed by atoms with Crippen molar-refractivity contribution in [3.8, 4) is 12.3 Å². The van der Waals surface area contributed by atoms with Crippen LogP contribution in [0.4, 0.5) is 0 Å². The molecule has 0 radical (unpaired) electrons. The van der Waals surface area contributed by atoms with Crippen molar-refractivity contribution in [2.24, 2.45) is 17.8 Å². The van der Waals surface area contributed by atoms with Gasteiger partial charge in [0.2, 0.25) is 11.8 Å². The molecule has 1 aliphatic rings. The number of carbonyl (C=O) groups excluding carboxylic acids is 2. The minimum atomic E-state index is -1.29. The first-order valence-electron chi connectivity index (χ1n) is 17.6. The fraction of sp³-hybridized carbons (Fsp3) is 0.590. The first-order chi connectivity index (χ1) is 23.0. The second-order valence-corrected chi connectivity index (χ2v) is 15.6. The average Bonchev–Trinajstić information content (AvgIpc) is 3.07. The van der Waals surface area contributed by atoms with Crippen molar-refractivity contribution < 1.29 is 24.0 Å². The van der Waals surface area contributed by atoms with Gasteiger partial charge in [-0.15, -0.1) is 12.3 Å². The summed E-state index contributed by atoms with van der Waals surface area (Å²) in [5.41, 5.74) is 2.11. The quantitative estimate of drug-likeness (QED) is 0.154. The topological polar surface area (TPSA) is 119 Å². The molecule has 1 saturated carbocycles. The van der Waals surface area contributed by atoms with Gasteiger partial charge < -0.3 is 25.7 Å². The van der Waals surface area contributed by atoms with Crippen LogP contribution >= 0.6 is 0 Å². The molecule has 3 rings (SSSR count). The third kappa shape index (κ3) is 14.2. The van der Waals surface area contributed by atoms with E-state index in [2.05, 4.69) is 33.6 Å². The van der Waals surface area contributed by atoms with Crippen LogP contribution in [0.15, 0.2) is 60.7 Å². The summed E-state index contributed by atoms with van der Waals surface area (Å²) in [6.45, 7) is 5.30. The zero-order valence-corrected chi connectivity index (χ0v) is 29.9. The number of aliphatic hydroxyl groups is 2. The van der Waals surface area contributed by atoms with Crippen LogP contribution in [0.25, 0.3) is 0 Å². The molecule has 0 bridgehead atoms. The summed E-state index contributed by atoms with van der Waals surface area (Å²) in [6.07, 6.45) is 10.3. The summed E-state index contributed by atoms with van der Waals surface area (Å²) < 4.78 is 13.3. The van der Waals surface area contributed by atoms with E-state index < -0.39 is 46.9 Å². The molecule has 264 valence electrons. The molecule has 2 amide bonds. The lowest BCUT2D eigenvalue weighted by atomic mass is 9.82. The highest BCUT2D eigenvalue weighted by Crippen LogP contribution is 2.29. The Kier molecular flexibility index (Phi) is 17.4. The van der Waals surface area contributed by atoms with Crippen LogP contribution in [0.3, 0.4) is 0 Å². The highest BCUT2D eigenvalue weighted by molar-refractivity contribution is 7.85.